The van der Waals surface area contributed by atoms with Gasteiger partial charge in [0.2, 0.25) is 0 Å². The van der Waals surface area contributed by atoms with Crippen LogP contribution in [-0.4, -0.2) is 22.4 Å². The first-order valence-electron chi connectivity index (χ1n) is 8.41. The van der Waals surface area contributed by atoms with E-state index in [1.165, 1.54) is 11.1 Å². The second-order valence-corrected chi connectivity index (χ2v) is 6.24. The van der Waals surface area contributed by atoms with Crippen LogP contribution in [0, 0.1) is 6.92 Å². The highest BCUT2D eigenvalue weighted by atomic mass is 16.1. The van der Waals surface area contributed by atoms with Crippen LogP contribution >= 0.6 is 0 Å². The zero-order valence-electron chi connectivity index (χ0n) is 14.0. The number of aryl methyl sites for hydroxylation is 1. The number of aromatic nitrogens is 2. The number of pyridine rings is 1. The van der Waals surface area contributed by atoms with Gasteiger partial charge in [-0.05, 0) is 42.3 Å². The number of carbonyl (C=O) groups is 1. The average molecular weight is 329 g/mol. The molecule has 4 nitrogen and oxygen atoms in total. The molecule has 1 aliphatic heterocycles. The molecule has 124 valence electrons. The first-order chi connectivity index (χ1) is 12.2. The molecular formula is C21H19N3O. The minimum Gasteiger partial charge on any atom is -0.358 e. The van der Waals surface area contributed by atoms with Crippen molar-refractivity contribution >= 4 is 18.1 Å². The summed E-state index contributed by atoms with van der Waals surface area (Å²) in [6, 6.07) is 14.2. The zero-order valence-corrected chi connectivity index (χ0v) is 14.0. The van der Waals surface area contributed by atoms with E-state index >= 15 is 0 Å². The van der Waals surface area contributed by atoms with Gasteiger partial charge in [0, 0.05) is 36.1 Å². The molecule has 2 aromatic heterocycles. The van der Waals surface area contributed by atoms with Crippen molar-refractivity contribution in [3.63, 3.8) is 0 Å². The quantitative estimate of drug-likeness (QED) is 0.767. The molecule has 0 atom stereocenters. The molecule has 25 heavy (non-hydrogen) atoms. The van der Waals surface area contributed by atoms with Gasteiger partial charge in [-0.1, -0.05) is 30.3 Å². The highest BCUT2D eigenvalue weighted by Crippen LogP contribution is 2.24. The van der Waals surface area contributed by atoms with Crippen LogP contribution in [0.25, 0.3) is 23.4 Å². The van der Waals surface area contributed by atoms with Gasteiger partial charge in [0.15, 0.2) is 0 Å². The van der Waals surface area contributed by atoms with E-state index in [0.29, 0.717) is 6.54 Å². The number of nitrogens with zero attached hydrogens (tertiary/aromatic N) is 1. The summed E-state index contributed by atoms with van der Waals surface area (Å²) in [6.45, 7) is 2.78. The Kier molecular flexibility index (Phi) is 3.94. The van der Waals surface area contributed by atoms with Gasteiger partial charge >= 0.3 is 0 Å². The fraction of sp³-hybridized carbons (Fsp3) is 0.143. The van der Waals surface area contributed by atoms with Gasteiger partial charge < -0.3 is 10.3 Å². The molecule has 4 rings (SSSR count). The Morgan fingerprint density at radius 1 is 1.12 bits per heavy atom. The second-order valence-electron chi connectivity index (χ2n) is 6.24. The number of carbonyl (C=O) groups excluding carboxylic acids is 1. The van der Waals surface area contributed by atoms with E-state index in [9.17, 15) is 4.79 Å². The standard InChI is InChI=1S/C21H19N3O/c1-14-4-2-3-5-15(14)6-7-17-12-16(8-10-22-17)20-13-18-19(24-20)9-11-23-21(18)25/h2-8,10,12-13,24H,9,11H2,1H3,(H,23,25). The lowest BCUT2D eigenvalue weighted by Gasteiger charge is -2.10. The summed E-state index contributed by atoms with van der Waals surface area (Å²) in [5.74, 6) is -0.00233. The Morgan fingerprint density at radius 3 is 2.84 bits per heavy atom. The summed E-state index contributed by atoms with van der Waals surface area (Å²) < 4.78 is 0. The van der Waals surface area contributed by atoms with Crippen molar-refractivity contribution in [2.45, 2.75) is 13.3 Å². The maximum absolute atomic E-state index is 11.9. The predicted octanol–water partition coefficient (Wildman–Crippen LogP) is 3.84. The van der Waals surface area contributed by atoms with Gasteiger partial charge in [0.25, 0.3) is 5.91 Å². The van der Waals surface area contributed by atoms with E-state index in [4.69, 9.17) is 0 Å². The van der Waals surface area contributed by atoms with Gasteiger partial charge in [-0.2, -0.15) is 0 Å². The zero-order chi connectivity index (χ0) is 17.2. The molecule has 0 radical (unpaired) electrons. The highest BCUT2D eigenvalue weighted by Gasteiger charge is 2.19. The van der Waals surface area contributed by atoms with Gasteiger partial charge in [-0.3, -0.25) is 9.78 Å². The number of nitrogens with one attached hydrogen (secondary N) is 2. The van der Waals surface area contributed by atoms with Crippen LogP contribution in [0.15, 0.2) is 48.7 Å². The molecule has 0 spiro atoms. The molecule has 1 aliphatic rings. The summed E-state index contributed by atoms with van der Waals surface area (Å²) in [4.78, 5) is 19.7. The third kappa shape index (κ3) is 3.11. The van der Waals surface area contributed by atoms with Crippen LogP contribution in [0.2, 0.25) is 0 Å². The van der Waals surface area contributed by atoms with Crippen molar-refractivity contribution in [1.82, 2.24) is 15.3 Å². The molecule has 3 heterocycles. The highest BCUT2D eigenvalue weighted by molar-refractivity contribution is 5.97. The first-order valence-corrected chi connectivity index (χ1v) is 8.41. The number of hydrogen-bond acceptors (Lipinski definition) is 2. The number of H-pyrrole nitrogens is 1. The molecule has 3 aromatic rings. The summed E-state index contributed by atoms with van der Waals surface area (Å²) >= 11 is 0. The van der Waals surface area contributed by atoms with Crippen LogP contribution < -0.4 is 5.32 Å². The molecule has 0 saturated carbocycles. The fourth-order valence-electron chi connectivity index (χ4n) is 3.10. The van der Waals surface area contributed by atoms with Crippen LogP contribution in [0.1, 0.15) is 32.9 Å². The Balaban J connectivity index is 1.64. The van der Waals surface area contributed by atoms with E-state index in [2.05, 4.69) is 40.4 Å². The van der Waals surface area contributed by atoms with Crippen molar-refractivity contribution in [1.29, 1.82) is 0 Å². The van der Waals surface area contributed by atoms with Crippen molar-refractivity contribution in [3.05, 3.63) is 76.7 Å². The number of hydrogen-bond donors (Lipinski definition) is 2. The number of amides is 1. The van der Waals surface area contributed by atoms with Crippen LogP contribution in [0.5, 0.6) is 0 Å². The van der Waals surface area contributed by atoms with E-state index < -0.39 is 0 Å². The monoisotopic (exact) mass is 329 g/mol. The van der Waals surface area contributed by atoms with E-state index in [1.807, 2.05) is 36.4 Å². The van der Waals surface area contributed by atoms with Crippen LogP contribution in [0.4, 0.5) is 0 Å². The Morgan fingerprint density at radius 2 is 2.00 bits per heavy atom. The van der Waals surface area contributed by atoms with Crippen LogP contribution in [-0.2, 0) is 6.42 Å². The molecule has 0 aliphatic carbocycles. The minimum atomic E-state index is -0.00233. The molecule has 0 unspecified atom stereocenters. The molecule has 0 bridgehead atoms. The van der Waals surface area contributed by atoms with Crippen molar-refractivity contribution in [2.75, 3.05) is 6.54 Å². The predicted molar refractivity (Wildman–Crippen MR) is 100 cm³/mol. The summed E-state index contributed by atoms with van der Waals surface area (Å²) in [5, 5.41) is 2.88. The van der Waals surface area contributed by atoms with E-state index in [-0.39, 0.29) is 5.91 Å². The van der Waals surface area contributed by atoms with Crippen molar-refractivity contribution < 1.29 is 4.79 Å². The molecule has 2 N–H and O–H groups in total. The van der Waals surface area contributed by atoms with Gasteiger partial charge in [-0.15, -0.1) is 0 Å². The smallest absolute Gasteiger partial charge is 0.253 e. The topological polar surface area (TPSA) is 57.8 Å². The Bertz CT molecular complexity index is 969. The second kappa shape index (κ2) is 6.40. The van der Waals surface area contributed by atoms with Gasteiger partial charge in [0.1, 0.15) is 0 Å². The fourth-order valence-corrected chi connectivity index (χ4v) is 3.10. The average Bonchev–Trinajstić information content (AvgIpc) is 3.07. The van der Waals surface area contributed by atoms with Crippen molar-refractivity contribution in [3.8, 4) is 11.3 Å². The van der Waals surface area contributed by atoms with E-state index in [1.54, 1.807) is 6.20 Å². The summed E-state index contributed by atoms with van der Waals surface area (Å²) in [7, 11) is 0. The van der Waals surface area contributed by atoms with E-state index in [0.717, 1.165) is 34.6 Å². The Labute approximate surface area is 146 Å². The third-order valence-electron chi connectivity index (χ3n) is 4.52. The number of aromatic amines is 1. The van der Waals surface area contributed by atoms with Gasteiger partial charge in [-0.25, -0.2) is 0 Å². The molecule has 4 heteroatoms. The molecule has 0 fully saturated rings. The lowest BCUT2D eigenvalue weighted by molar-refractivity contribution is 0.0946. The lowest BCUT2D eigenvalue weighted by atomic mass is 10.1. The molecule has 0 saturated heterocycles. The third-order valence-corrected chi connectivity index (χ3v) is 4.52. The lowest BCUT2D eigenvalue weighted by Crippen LogP contribution is -2.31. The first kappa shape index (κ1) is 15.4. The SMILES string of the molecule is Cc1ccccc1C=Cc1cc(-c2cc3c([nH]2)CCNC3=O)ccn1. The maximum atomic E-state index is 11.9. The number of fused-ring (bicyclic) bond motifs is 1. The normalized spacial score (nSPS) is 13.7. The Hall–Kier alpha value is -3.14. The molecule has 1 amide bonds. The van der Waals surface area contributed by atoms with Crippen molar-refractivity contribution in [2.24, 2.45) is 0 Å². The summed E-state index contributed by atoms with van der Waals surface area (Å²) in [5.41, 5.74) is 7.04. The number of benzene rings is 1. The minimum absolute atomic E-state index is 0.00233. The largest absolute Gasteiger partial charge is 0.358 e. The molecular weight excluding hydrogens is 310 g/mol. The van der Waals surface area contributed by atoms with Gasteiger partial charge in [0.05, 0.1) is 11.3 Å². The maximum Gasteiger partial charge on any atom is 0.253 e. The molecule has 1 aromatic carbocycles. The summed E-state index contributed by atoms with van der Waals surface area (Å²) in [6.07, 6.45) is 6.73. The number of rotatable bonds is 3. The van der Waals surface area contributed by atoms with Crippen LogP contribution in [0.3, 0.4) is 0 Å².